The van der Waals surface area contributed by atoms with Crippen molar-refractivity contribution in [3.05, 3.63) is 111 Å². The summed E-state index contributed by atoms with van der Waals surface area (Å²) in [7, 11) is 0. The summed E-state index contributed by atoms with van der Waals surface area (Å²) in [6.45, 7) is 4.24. The van der Waals surface area contributed by atoms with E-state index in [1.165, 1.54) is 5.56 Å². The summed E-state index contributed by atoms with van der Waals surface area (Å²) < 4.78 is 1.74. The molecule has 5 heteroatoms. The summed E-state index contributed by atoms with van der Waals surface area (Å²) >= 11 is 7.57. The van der Waals surface area contributed by atoms with Crippen molar-refractivity contribution in [3.8, 4) is 0 Å². The number of fused-ring (bicyclic) bond motifs is 1. The molecular formula is C24H19ClN2OS. The van der Waals surface area contributed by atoms with Gasteiger partial charge in [-0.2, -0.15) is 0 Å². The molecule has 3 nitrogen and oxygen atoms in total. The third-order valence-electron chi connectivity index (χ3n) is 4.66. The van der Waals surface area contributed by atoms with Crippen molar-refractivity contribution in [2.75, 3.05) is 0 Å². The number of para-hydroxylation sites is 1. The monoisotopic (exact) mass is 418 g/mol. The van der Waals surface area contributed by atoms with Crippen molar-refractivity contribution in [1.29, 1.82) is 0 Å². The SMILES string of the molecule is C=Cc1ccc(CSc2nc3ccccc3c(=O)n2Cc2ccc(Cl)cc2)cc1. The number of benzene rings is 3. The van der Waals surface area contributed by atoms with E-state index >= 15 is 0 Å². The molecule has 144 valence electrons. The van der Waals surface area contributed by atoms with Gasteiger partial charge in [0.1, 0.15) is 0 Å². The van der Waals surface area contributed by atoms with Crippen LogP contribution in [-0.2, 0) is 12.3 Å². The summed E-state index contributed by atoms with van der Waals surface area (Å²) in [5.41, 5.74) is 3.94. The number of aromatic nitrogens is 2. The molecule has 29 heavy (non-hydrogen) atoms. The van der Waals surface area contributed by atoms with Crippen LogP contribution in [0.4, 0.5) is 0 Å². The minimum atomic E-state index is -0.0324. The first kappa shape index (κ1) is 19.5. The molecule has 0 atom stereocenters. The minimum absolute atomic E-state index is 0.0324. The van der Waals surface area contributed by atoms with Gasteiger partial charge in [0.25, 0.3) is 5.56 Å². The molecule has 4 aromatic rings. The lowest BCUT2D eigenvalue weighted by Crippen LogP contribution is -2.24. The fourth-order valence-electron chi connectivity index (χ4n) is 3.07. The molecule has 4 rings (SSSR count). The van der Waals surface area contributed by atoms with E-state index in [2.05, 4.69) is 18.7 Å². The van der Waals surface area contributed by atoms with E-state index in [4.69, 9.17) is 16.6 Å². The van der Waals surface area contributed by atoms with Crippen LogP contribution < -0.4 is 5.56 Å². The number of nitrogens with zero attached hydrogens (tertiary/aromatic N) is 2. The van der Waals surface area contributed by atoms with Gasteiger partial charge in [-0.1, -0.05) is 84.5 Å². The third-order valence-corrected chi connectivity index (χ3v) is 5.96. The second-order valence-electron chi connectivity index (χ2n) is 6.66. The van der Waals surface area contributed by atoms with Gasteiger partial charge in [-0.05, 0) is 41.0 Å². The summed E-state index contributed by atoms with van der Waals surface area (Å²) in [6.07, 6.45) is 1.82. The molecule has 0 unspecified atom stereocenters. The van der Waals surface area contributed by atoms with E-state index in [1.807, 2.05) is 66.7 Å². The molecule has 3 aromatic carbocycles. The molecule has 1 aromatic heterocycles. The van der Waals surface area contributed by atoms with Crippen LogP contribution >= 0.6 is 23.4 Å². The Kier molecular flexibility index (Phi) is 5.84. The van der Waals surface area contributed by atoms with E-state index < -0.39 is 0 Å². The number of thioether (sulfide) groups is 1. The van der Waals surface area contributed by atoms with Crippen molar-refractivity contribution in [3.63, 3.8) is 0 Å². The number of hydrogen-bond donors (Lipinski definition) is 0. The fraction of sp³-hybridized carbons (Fsp3) is 0.0833. The maximum atomic E-state index is 13.2. The molecule has 0 amide bonds. The van der Waals surface area contributed by atoms with Gasteiger partial charge >= 0.3 is 0 Å². The summed E-state index contributed by atoms with van der Waals surface area (Å²) in [6, 6.07) is 23.3. The Labute approximate surface area is 178 Å². The molecule has 0 aliphatic carbocycles. The van der Waals surface area contributed by atoms with Gasteiger partial charge in [-0.25, -0.2) is 4.98 Å². The van der Waals surface area contributed by atoms with Gasteiger partial charge in [0.2, 0.25) is 0 Å². The molecule has 0 spiro atoms. The maximum absolute atomic E-state index is 13.2. The van der Waals surface area contributed by atoms with Crippen molar-refractivity contribution in [2.24, 2.45) is 0 Å². The average molecular weight is 419 g/mol. The van der Waals surface area contributed by atoms with Crippen LogP contribution in [0.15, 0.2) is 89.3 Å². The van der Waals surface area contributed by atoms with Crippen LogP contribution in [0.3, 0.4) is 0 Å². The summed E-state index contributed by atoms with van der Waals surface area (Å²) in [5, 5.41) is 2.01. The van der Waals surface area contributed by atoms with E-state index in [9.17, 15) is 4.79 Å². The Hall–Kier alpha value is -2.82. The van der Waals surface area contributed by atoms with Crippen LogP contribution in [0.2, 0.25) is 5.02 Å². The first-order chi connectivity index (χ1) is 14.1. The minimum Gasteiger partial charge on any atom is -0.283 e. The number of hydrogen-bond acceptors (Lipinski definition) is 3. The normalized spacial score (nSPS) is 10.9. The zero-order valence-electron chi connectivity index (χ0n) is 15.7. The van der Waals surface area contributed by atoms with Crippen LogP contribution in [-0.4, -0.2) is 9.55 Å². The molecule has 0 aliphatic heterocycles. The highest BCUT2D eigenvalue weighted by Gasteiger charge is 2.12. The number of halogens is 1. The summed E-state index contributed by atoms with van der Waals surface area (Å²) in [5.74, 6) is 0.725. The predicted octanol–water partition coefficient (Wildman–Crippen LogP) is 6.03. The third kappa shape index (κ3) is 4.44. The Morgan fingerprint density at radius 3 is 2.38 bits per heavy atom. The van der Waals surface area contributed by atoms with Crippen LogP contribution in [0.1, 0.15) is 16.7 Å². The van der Waals surface area contributed by atoms with Crippen molar-refractivity contribution in [1.82, 2.24) is 9.55 Å². The Bertz CT molecular complexity index is 1210. The van der Waals surface area contributed by atoms with Crippen molar-refractivity contribution in [2.45, 2.75) is 17.5 Å². The molecule has 0 saturated carbocycles. The molecule has 1 heterocycles. The van der Waals surface area contributed by atoms with Crippen molar-refractivity contribution < 1.29 is 0 Å². The molecule has 0 fully saturated rings. The lowest BCUT2D eigenvalue weighted by molar-refractivity contribution is 0.658. The van der Waals surface area contributed by atoms with Gasteiger partial charge < -0.3 is 0 Å². The zero-order valence-corrected chi connectivity index (χ0v) is 17.3. The average Bonchev–Trinajstić information content (AvgIpc) is 2.76. The van der Waals surface area contributed by atoms with E-state index in [-0.39, 0.29) is 5.56 Å². The highest BCUT2D eigenvalue weighted by molar-refractivity contribution is 7.98. The van der Waals surface area contributed by atoms with Gasteiger partial charge in [0, 0.05) is 10.8 Å². The Balaban J connectivity index is 1.70. The Morgan fingerprint density at radius 2 is 1.66 bits per heavy atom. The highest BCUT2D eigenvalue weighted by atomic mass is 35.5. The van der Waals surface area contributed by atoms with Gasteiger partial charge in [-0.15, -0.1) is 0 Å². The van der Waals surface area contributed by atoms with E-state index in [1.54, 1.807) is 16.3 Å². The van der Waals surface area contributed by atoms with Crippen molar-refractivity contribution >= 4 is 40.3 Å². The molecule has 0 bridgehead atoms. The van der Waals surface area contributed by atoms with Crippen LogP contribution in [0, 0.1) is 0 Å². The Morgan fingerprint density at radius 1 is 0.966 bits per heavy atom. The van der Waals surface area contributed by atoms with E-state index in [0.29, 0.717) is 22.1 Å². The second kappa shape index (κ2) is 8.68. The molecule has 0 radical (unpaired) electrons. The standard InChI is InChI=1S/C24H19ClN2OS/c1-2-17-7-9-19(10-8-17)16-29-24-26-22-6-4-3-5-21(22)23(28)27(24)15-18-11-13-20(25)14-12-18/h2-14H,1,15-16H2. The van der Waals surface area contributed by atoms with Gasteiger partial charge in [0.15, 0.2) is 5.16 Å². The molecule has 0 aliphatic rings. The zero-order chi connectivity index (χ0) is 20.2. The lowest BCUT2D eigenvalue weighted by Gasteiger charge is -2.13. The highest BCUT2D eigenvalue weighted by Crippen LogP contribution is 2.23. The van der Waals surface area contributed by atoms with Crippen LogP contribution in [0.5, 0.6) is 0 Å². The topological polar surface area (TPSA) is 34.9 Å². The van der Waals surface area contributed by atoms with Gasteiger partial charge in [-0.3, -0.25) is 9.36 Å². The summed E-state index contributed by atoms with van der Waals surface area (Å²) in [4.78, 5) is 18.0. The second-order valence-corrected chi connectivity index (χ2v) is 8.04. The first-order valence-corrected chi connectivity index (χ1v) is 10.6. The molecular weight excluding hydrogens is 400 g/mol. The lowest BCUT2D eigenvalue weighted by atomic mass is 10.1. The smallest absolute Gasteiger partial charge is 0.262 e. The van der Waals surface area contributed by atoms with E-state index in [0.717, 1.165) is 22.4 Å². The molecule has 0 saturated heterocycles. The van der Waals surface area contributed by atoms with Crippen LogP contribution in [0.25, 0.3) is 17.0 Å². The predicted molar refractivity (Wildman–Crippen MR) is 123 cm³/mol. The fourth-order valence-corrected chi connectivity index (χ4v) is 4.15. The largest absolute Gasteiger partial charge is 0.283 e. The number of rotatable bonds is 6. The molecule has 0 N–H and O–H groups in total. The quantitative estimate of drug-likeness (QED) is 0.283. The first-order valence-electron chi connectivity index (χ1n) is 9.22. The maximum Gasteiger partial charge on any atom is 0.262 e. The van der Waals surface area contributed by atoms with Gasteiger partial charge in [0.05, 0.1) is 17.4 Å².